The molecule has 0 aliphatic carbocycles. The van der Waals surface area contributed by atoms with Crippen LogP contribution in [0.1, 0.15) is 22.3 Å². The number of amides is 2. The summed E-state index contributed by atoms with van der Waals surface area (Å²) in [4.78, 5) is 22.7. The first-order valence-electron chi connectivity index (χ1n) is 5.89. The highest BCUT2D eigenvalue weighted by Gasteiger charge is 2.03. The van der Waals surface area contributed by atoms with Gasteiger partial charge in [-0.2, -0.15) is 0 Å². The third kappa shape index (κ3) is 4.55. The molecular formula is C13H19N3O2. The van der Waals surface area contributed by atoms with Gasteiger partial charge in [0.2, 0.25) is 5.91 Å². The van der Waals surface area contributed by atoms with E-state index >= 15 is 0 Å². The second-order valence-electron chi connectivity index (χ2n) is 3.91. The number of hydrogen-bond donors (Lipinski definition) is 3. The average molecular weight is 249 g/mol. The van der Waals surface area contributed by atoms with E-state index in [1.807, 2.05) is 19.2 Å². The number of hydrogen-bond acceptors (Lipinski definition) is 3. The minimum Gasteiger partial charge on any atom is -0.355 e. The van der Waals surface area contributed by atoms with Crippen LogP contribution in [0.15, 0.2) is 24.3 Å². The Morgan fingerprint density at radius 1 is 1.11 bits per heavy atom. The van der Waals surface area contributed by atoms with Gasteiger partial charge in [0, 0.05) is 32.1 Å². The molecule has 0 aliphatic heterocycles. The van der Waals surface area contributed by atoms with Gasteiger partial charge in [-0.15, -0.1) is 0 Å². The van der Waals surface area contributed by atoms with Crippen LogP contribution in [0.2, 0.25) is 0 Å². The van der Waals surface area contributed by atoms with Gasteiger partial charge in [-0.05, 0) is 24.7 Å². The molecule has 0 radical (unpaired) electrons. The van der Waals surface area contributed by atoms with Gasteiger partial charge in [0.05, 0.1) is 0 Å². The predicted molar refractivity (Wildman–Crippen MR) is 70.2 cm³/mol. The van der Waals surface area contributed by atoms with Crippen molar-refractivity contribution in [1.29, 1.82) is 0 Å². The highest BCUT2D eigenvalue weighted by molar-refractivity contribution is 5.93. The van der Waals surface area contributed by atoms with Gasteiger partial charge in [-0.3, -0.25) is 9.59 Å². The molecule has 0 aromatic heterocycles. The Kier molecular flexibility index (Phi) is 5.87. The lowest BCUT2D eigenvalue weighted by Crippen LogP contribution is -2.26. The summed E-state index contributed by atoms with van der Waals surface area (Å²) in [6.45, 7) is 1.15. The van der Waals surface area contributed by atoms with Gasteiger partial charge in [0.1, 0.15) is 0 Å². The molecule has 0 saturated heterocycles. The van der Waals surface area contributed by atoms with Crippen molar-refractivity contribution in [2.24, 2.45) is 0 Å². The molecule has 0 saturated carbocycles. The summed E-state index contributed by atoms with van der Waals surface area (Å²) in [7, 11) is 3.41. The zero-order valence-corrected chi connectivity index (χ0v) is 10.7. The predicted octanol–water partition coefficient (Wildman–Crippen LogP) is 0.272. The van der Waals surface area contributed by atoms with E-state index in [0.717, 1.165) is 5.56 Å². The van der Waals surface area contributed by atoms with Gasteiger partial charge in [0.15, 0.2) is 0 Å². The molecule has 1 rings (SSSR count). The normalized spacial score (nSPS) is 9.89. The lowest BCUT2D eigenvalue weighted by Gasteiger charge is -2.06. The molecule has 0 atom stereocenters. The van der Waals surface area contributed by atoms with E-state index in [-0.39, 0.29) is 11.8 Å². The average Bonchev–Trinajstić information content (AvgIpc) is 2.42. The van der Waals surface area contributed by atoms with Gasteiger partial charge in [-0.1, -0.05) is 12.1 Å². The molecule has 5 heteroatoms. The summed E-state index contributed by atoms with van der Waals surface area (Å²) in [5, 5.41) is 8.29. The summed E-state index contributed by atoms with van der Waals surface area (Å²) in [6, 6.07) is 7.16. The van der Waals surface area contributed by atoms with Crippen LogP contribution >= 0.6 is 0 Å². The highest BCUT2D eigenvalue weighted by atomic mass is 16.2. The van der Waals surface area contributed by atoms with Gasteiger partial charge in [-0.25, -0.2) is 0 Å². The summed E-state index contributed by atoms with van der Waals surface area (Å²) in [6.07, 6.45) is 0.465. The van der Waals surface area contributed by atoms with E-state index in [9.17, 15) is 9.59 Å². The van der Waals surface area contributed by atoms with E-state index in [4.69, 9.17) is 0 Å². The first-order chi connectivity index (χ1) is 8.67. The highest BCUT2D eigenvalue weighted by Crippen LogP contribution is 2.04. The summed E-state index contributed by atoms with van der Waals surface area (Å²) in [5.74, 6) is -0.0978. The number of nitrogens with one attached hydrogen (secondary N) is 3. The van der Waals surface area contributed by atoms with Crippen molar-refractivity contribution in [3.63, 3.8) is 0 Å². The van der Waals surface area contributed by atoms with Crippen molar-refractivity contribution in [1.82, 2.24) is 16.0 Å². The van der Waals surface area contributed by atoms with Crippen molar-refractivity contribution in [3.8, 4) is 0 Å². The lowest BCUT2D eigenvalue weighted by atomic mass is 10.1. The first kappa shape index (κ1) is 14.2. The van der Waals surface area contributed by atoms with Crippen LogP contribution in [0.4, 0.5) is 0 Å². The SMILES string of the molecule is CNCCC(=O)NCc1ccc(C(=O)NC)cc1. The first-order valence-corrected chi connectivity index (χ1v) is 5.89. The maximum Gasteiger partial charge on any atom is 0.251 e. The third-order valence-electron chi connectivity index (χ3n) is 2.53. The fourth-order valence-corrected chi connectivity index (χ4v) is 1.45. The molecule has 1 aromatic carbocycles. The van der Waals surface area contributed by atoms with Crippen molar-refractivity contribution < 1.29 is 9.59 Å². The largest absolute Gasteiger partial charge is 0.355 e. The zero-order valence-electron chi connectivity index (χ0n) is 10.7. The monoisotopic (exact) mass is 249 g/mol. The molecular weight excluding hydrogens is 230 g/mol. The minimum absolute atomic E-state index is 0.0136. The fraction of sp³-hybridized carbons (Fsp3) is 0.385. The minimum atomic E-state index is -0.111. The van der Waals surface area contributed by atoms with Crippen molar-refractivity contribution in [2.75, 3.05) is 20.6 Å². The summed E-state index contributed by atoms with van der Waals surface area (Å²) < 4.78 is 0. The van der Waals surface area contributed by atoms with E-state index in [0.29, 0.717) is 25.1 Å². The van der Waals surface area contributed by atoms with Crippen LogP contribution < -0.4 is 16.0 Å². The number of carbonyl (C=O) groups is 2. The summed E-state index contributed by atoms with van der Waals surface area (Å²) >= 11 is 0. The number of carbonyl (C=O) groups excluding carboxylic acids is 2. The van der Waals surface area contributed by atoms with Crippen LogP contribution in [0.5, 0.6) is 0 Å². The topological polar surface area (TPSA) is 70.2 Å². The molecule has 1 aromatic rings. The molecule has 2 amide bonds. The summed E-state index contributed by atoms with van der Waals surface area (Å²) in [5.41, 5.74) is 1.59. The van der Waals surface area contributed by atoms with Crippen LogP contribution in [-0.2, 0) is 11.3 Å². The molecule has 5 nitrogen and oxygen atoms in total. The Morgan fingerprint density at radius 2 is 1.78 bits per heavy atom. The smallest absolute Gasteiger partial charge is 0.251 e. The van der Waals surface area contributed by atoms with Crippen molar-refractivity contribution in [2.45, 2.75) is 13.0 Å². The molecule has 98 valence electrons. The lowest BCUT2D eigenvalue weighted by molar-refractivity contribution is -0.121. The molecule has 0 heterocycles. The van der Waals surface area contributed by atoms with Crippen LogP contribution in [-0.4, -0.2) is 32.5 Å². The van der Waals surface area contributed by atoms with E-state index < -0.39 is 0 Å². The van der Waals surface area contributed by atoms with Gasteiger partial charge >= 0.3 is 0 Å². The Bertz CT molecular complexity index is 401. The maximum atomic E-state index is 11.4. The molecule has 0 spiro atoms. The molecule has 0 unspecified atom stereocenters. The van der Waals surface area contributed by atoms with Crippen molar-refractivity contribution >= 4 is 11.8 Å². The van der Waals surface area contributed by atoms with Crippen LogP contribution in [0, 0.1) is 0 Å². The molecule has 3 N–H and O–H groups in total. The van der Waals surface area contributed by atoms with E-state index in [2.05, 4.69) is 16.0 Å². The van der Waals surface area contributed by atoms with Crippen LogP contribution in [0.25, 0.3) is 0 Å². The number of rotatable bonds is 6. The van der Waals surface area contributed by atoms with Gasteiger partial charge in [0.25, 0.3) is 5.91 Å². The molecule has 18 heavy (non-hydrogen) atoms. The Hall–Kier alpha value is -1.88. The van der Waals surface area contributed by atoms with E-state index in [1.54, 1.807) is 19.2 Å². The Morgan fingerprint density at radius 3 is 2.33 bits per heavy atom. The Balaban J connectivity index is 2.44. The molecule has 0 fully saturated rings. The fourth-order valence-electron chi connectivity index (χ4n) is 1.45. The van der Waals surface area contributed by atoms with Crippen LogP contribution in [0.3, 0.4) is 0 Å². The molecule has 0 aliphatic rings. The number of benzene rings is 1. The second-order valence-corrected chi connectivity index (χ2v) is 3.91. The van der Waals surface area contributed by atoms with Gasteiger partial charge < -0.3 is 16.0 Å². The maximum absolute atomic E-state index is 11.4. The van der Waals surface area contributed by atoms with Crippen molar-refractivity contribution in [3.05, 3.63) is 35.4 Å². The quantitative estimate of drug-likeness (QED) is 0.678. The second kappa shape index (κ2) is 7.45. The molecule has 0 bridgehead atoms. The van der Waals surface area contributed by atoms with E-state index in [1.165, 1.54) is 0 Å². The zero-order chi connectivity index (χ0) is 13.4. The Labute approximate surface area is 107 Å². The standard InChI is InChI=1S/C13H19N3O2/c1-14-8-7-12(17)16-9-10-3-5-11(6-4-10)13(18)15-2/h3-6,14H,7-9H2,1-2H3,(H,15,18)(H,16,17). The third-order valence-corrected chi connectivity index (χ3v) is 2.53.